The zero-order chi connectivity index (χ0) is 18.2. The third-order valence-corrected chi connectivity index (χ3v) is 5.33. The number of ether oxygens (including phenoxy) is 1. The standard InChI is InChI=1S/C17H18FN3O3S/c1-4-21-11(2)19-14-10-13(6-7-15(14)21)20-25(22,23)17-9-12(18)5-8-16(17)24-3/h5-10,20H,4H2,1-3H3. The van der Waals surface area contributed by atoms with E-state index in [0.29, 0.717) is 11.2 Å². The zero-order valence-electron chi connectivity index (χ0n) is 14.1. The van der Waals surface area contributed by atoms with Gasteiger partial charge in [-0.2, -0.15) is 0 Å². The fourth-order valence-electron chi connectivity index (χ4n) is 2.78. The van der Waals surface area contributed by atoms with E-state index in [1.165, 1.54) is 13.2 Å². The number of anilines is 1. The number of nitrogens with zero attached hydrogens (tertiary/aromatic N) is 2. The van der Waals surface area contributed by atoms with Gasteiger partial charge in [-0.05, 0) is 50.2 Å². The largest absolute Gasteiger partial charge is 0.495 e. The molecule has 8 heteroatoms. The van der Waals surface area contributed by atoms with Crippen molar-refractivity contribution >= 4 is 26.7 Å². The highest BCUT2D eigenvalue weighted by Gasteiger charge is 2.21. The number of methoxy groups -OCH3 is 1. The van der Waals surface area contributed by atoms with Crippen LogP contribution in [0.4, 0.5) is 10.1 Å². The van der Waals surface area contributed by atoms with Gasteiger partial charge in [-0.1, -0.05) is 0 Å². The molecule has 0 radical (unpaired) electrons. The van der Waals surface area contributed by atoms with E-state index in [0.717, 1.165) is 30.0 Å². The molecule has 0 aliphatic carbocycles. The van der Waals surface area contributed by atoms with Gasteiger partial charge in [0, 0.05) is 6.54 Å². The predicted octanol–water partition coefficient (Wildman–Crippen LogP) is 3.31. The van der Waals surface area contributed by atoms with Crippen LogP contribution in [0.1, 0.15) is 12.7 Å². The molecule has 1 aromatic heterocycles. The van der Waals surface area contributed by atoms with Crippen LogP contribution < -0.4 is 9.46 Å². The number of hydrogen-bond acceptors (Lipinski definition) is 4. The molecule has 0 aliphatic heterocycles. The summed E-state index contributed by atoms with van der Waals surface area (Å²) in [5.41, 5.74) is 1.96. The molecule has 0 amide bonds. The van der Waals surface area contributed by atoms with Gasteiger partial charge in [0.05, 0.1) is 23.8 Å². The van der Waals surface area contributed by atoms with E-state index in [2.05, 4.69) is 9.71 Å². The third-order valence-electron chi connectivity index (χ3n) is 3.92. The molecular formula is C17H18FN3O3S. The lowest BCUT2D eigenvalue weighted by Gasteiger charge is -2.12. The van der Waals surface area contributed by atoms with Crippen molar-refractivity contribution in [1.29, 1.82) is 0 Å². The molecule has 0 spiro atoms. The molecule has 6 nitrogen and oxygen atoms in total. The molecule has 0 atom stereocenters. The SMILES string of the molecule is CCn1c(C)nc2cc(NS(=O)(=O)c3cc(F)ccc3OC)ccc21. The van der Waals surface area contributed by atoms with Crippen molar-refractivity contribution in [2.45, 2.75) is 25.3 Å². The smallest absolute Gasteiger partial charge is 0.265 e. The molecule has 132 valence electrons. The Hall–Kier alpha value is -2.61. The predicted molar refractivity (Wildman–Crippen MR) is 93.9 cm³/mol. The van der Waals surface area contributed by atoms with Gasteiger partial charge < -0.3 is 9.30 Å². The normalized spacial score (nSPS) is 11.7. The number of benzene rings is 2. The van der Waals surface area contributed by atoms with Crippen LogP contribution in [0.3, 0.4) is 0 Å². The molecule has 0 saturated carbocycles. The highest BCUT2D eigenvalue weighted by Crippen LogP contribution is 2.28. The minimum Gasteiger partial charge on any atom is -0.495 e. The second-order valence-corrected chi connectivity index (χ2v) is 7.16. The summed E-state index contributed by atoms with van der Waals surface area (Å²) < 4.78 is 48.2. The van der Waals surface area contributed by atoms with Crippen molar-refractivity contribution in [3.05, 3.63) is 48.0 Å². The molecule has 0 saturated heterocycles. The van der Waals surface area contributed by atoms with Gasteiger partial charge in [-0.25, -0.2) is 17.8 Å². The molecule has 1 heterocycles. The van der Waals surface area contributed by atoms with E-state index < -0.39 is 15.8 Å². The highest BCUT2D eigenvalue weighted by molar-refractivity contribution is 7.92. The monoisotopic (exact) mass is 363 g/mol. The van der Waals surface area contributed by atoms with E-state index in [-0.39, 0.29) is 10.6 Å². The first-order valence-corrected chi connectivity index (χ1v) is 9.17. The van der Waals surface area contributed by atoms with Gasteiger partial charge in [-0.15, -0.1) is 0 Å². The fraction of sp³-hybridized carbons (Fsp3) is 0.235. The summed E-state index contributed by atoms with van der Waals surface area (Å²) in [6.45, 7) is 4.68. The first-order valence-electron chi connectivity index (χ1n) is 7.69. The van der Waals surface area contributed by atoms with Crippen molar-refractivity contribution in [3.63, 3.8) is 0 Å². The number of nitrogens with one attached hydrogen (secondary N) is 1. The summed E-state index contributed by atoms with van der Waals surface area (Å²) in [4.78, 5) is 4.18. The Bertz CT molecular complexity index is 1040. The quantitative estimate of drug-likeness (QED) is 0.755. The summed E-state index contributed by atoms with van der Waals surface area (Å²) in [6, 6.07) is 8.45. The van der Waals surface area contributed by atoms with Gasteiger partial charge in [0.25, 0.3) is 10.0 Å². The van der Waals surface area contributed by atoms with E-state index >= 15 is 0 Å². The maximum absolute atomic E-state index is 13.5. The second kappa shape index (κ2) is 6.36. The molecule has 3 rings (SSSR count). The Morgan fingerprint density at radius 2 is 2.00 bits per heavy atom. The van der Waals surface area contributed by atoms with Crippen molar-refractivity contribution in [2.24, 2.45) is 0 Å². The van der Waals surface area contributed by atoms with Crippen molar-refractivity contribution < 1.29 is 17.5 Å². The van der Waals surface area contributed by atoms with Crippen LogP contribution in [0.15, 0.2) is 41.3 Å². The summed E-state index contributed by atoms with van der Waals surface area (Å²) in [6.07, 6.45) is 0. The number of aromatic nitrogens is 2. The lowest BCUT2D eigenvalue weighted by Crippen LogP contribution is -2.14. The molecule has 0 unspecified atom stereocenters. The second-order valence-electron chi connectivity index (χ2n) is 5.51. The number of hydrogen-bond donors (Lipinski definition) is 1. The van der Waals surface area contributed by atoms with Gasteiger partial charge in [0.2, 0.25) is 0 Å². The molecule has 1 N–H and O–H groups in total. The van der Waals surface area contributed by atoms with Gasteiger partial charge >= 0.3 is 0 Å². The number of rotatable bonds is 5. The van der Waals surface area contributed by atoms with Crippen LogP contribution >= 0.6 is 0 Å². The molecular weight excluding hydrogens is 345 g/mol. The number of fused-ring (bicyclic) bond motifs is 1. The number of halogens is 1. The minimum atomic E-state index is -4.01. The van der Waals surface area contributed by atoms with E-state index in [1.54, 1.807) is 18.2 Å². The Kier molecular flexibility index (Phi) is 4.38. The average Bonchev–Trinajstić information content (AvgIpc) is 2.88. The van der Waals surface area contributed by atoms with Crippen molar-refractivity contribution in [2.75, 3.05) is 11.8 Å². The number of sulfonamides is 1. The summed E-state index contributed by atoms with van der Waals surface area (Å²) in [5.74, 6) is 0.263. The van der Waals surface area contributed by atoms with Crippen molar-refractivity contribution in [3.8, 4) is 5.75 Å². The lowest BCUT2D eigenvalue weighted by atomic mass is 10.3. The maximum atomic E-state index is 13.5. The topological polar surface area (TPSA) is 73.2 Å². The number of aryl methyl sites for hydroxylation is 2. The Balaban J connectivity index is 2.01. The maximum Gasteiger partial charge on any atom is 0.265 e. The first-order chi connectivity index (χ1) is 11.9. The third kappa shape index (κ3) is 3.17. The Morgan fingerprint density at radius 1 is 1.24 bits per heavy atom. The van der Waals surface area contributed by atoms with E-state index in [1.807, 2.05) is 18.4 Å². The zero-order valence-corrected chi connectivity index (χ0v) is 14.9. The lowest BCUT2D eigenvalue weighted by molar-refractivity contribution is 0.401. The Labute approximate surface area is 145 Å². The van der Waals surface area contributed by atoms with Crippen LogP contribution in [0.25, 0.3) is 11.0 Å². The van der Waals surface area contributed by atoms with Crippen molar-refractivity contribution in [1.82, 2.24) is 9.55 Å². The molecule has 0 bridgehead atoms. The van der Waals surface area contributed by atoms with Gasteiger partial charge in [0.15, 0.2) is 0 Å². The molecule has 25 heavy (non-hydrogen) atoms. The molecule has 3 aromatic rings. The van der Waals surface area contributed by atoms with Crippen LogP contribution in [0.5, 0.6) is 5.75 Å². The summed E-state index contributed by atoms with van der Waals surface area (Å²) in [7, 11) is -2.67. The summed E-state index contributed by atoms with van der Waals surface area (Å²) in [5, 5.41) is 0. The van der Waals surface area contributed by atoms with Crippen LogP contribution in [0, 0.1) is 12.7 Å². The summed E-state index contributed by atoms with van der Waals surface area (Å²) >= 11 is 0. The van der Waals surface area contributed by atoms with Crippen LogP contribution in [-0.2, 0) is 16.6 Å². The molecule has 0 aliphatic rings. The Morgan fingerprint density at radius 3 is 2.68 bits per heavy atom. The first kappa shape index (κ1) is 17.2. The van der Waals surface area contributed by atoms with Gasteiger partial charge in [0.1, 0.15) is 22.3 Å². The fourth-order valence-corrected chi connectivity index (χ4v) is 4.01. The number of imidazole rings is 1. The van der Waals surface area contributed by atoms with E-state index in [4.69, 9.17) is 4.74 Å². The minimum absolute atomic E-state index is 0.0704. The van der Waals surface area contributed by atoms with Gasteiger partial charge in [-0.3, -0.25) is 4.72 Å². The molecule has 0 fully saturated rings. The van der Waals surface area contributed by atoms with Crippen LogP contribution in [-0.4, -0.2) is 25.1 Å². The highest BCUT2D eigenvalue weighted by atomic mass is 32.2. The average molecular weight is 363 g/mol. The van der Waals surface area contributed by atoms with Crippen LogP contribution in [0.2, 0.25) is 0 Å². The molecule has 2 aromatic carbocycles. The van der Waals surface area contributed by atoms with E-state index in [9.17, 15) is 12.8 Å².